The Kier molecular flexibility index (Phi) is 8.00. The van der Waals surface area contributed by atoms with Gasteiger partial charge in [0.05, 0.1) is 13.2 Å². The van der Waals surface area contributed by atoms with E-state index in [2.05, 4.69) is 10.6 Å². The Morgan fingerprint density at radius 2 is 1.50 bits per heavy atom. The van der Waals surface area contributed by atoms with E-state index in [0.717, 1.165) is 0 Å². The van der Waals surface area contributed by atoms with E-state index in [1.807, 2.05) is 0 Å². The first-order valence-electron chi connectivity index (χ1n) is 4.88. The van der Waals surface area contributed by atoms with E-state index in [1.54, 1.807) is 0 Å². The van der Waals surface area contributed by atoms with Gasteiger partial charge in [-0.1, -0.05) is 0 Å². The average molecular weight is 232 g/mol. The zero-order valence-electron chi connectivity index (χ0n) is 8.81. The average Bonchev–Trinajstić information content (AvgIpc) is 2.29. The van der Waals surface area contributed by atoms with Gasteiger partial charge in [-0.05, 0) is 0 Å². The van der Waals surface area contributed by atoms with Crippen LogP contribution < -0.4 is 10.6 Å². The standard InChI is InChI=1S/C9H16N2O5/c12-4-1-7(8(15)10-2-5-13)9(16)11-3-6-14/h4,7,13-14H,1-3,5-6H2,(H,10,15)(H,11,16). The number of carbonyl (C=O) groups is 3. The van der Waals surface area contributed by atoms with Crippen LogP contribution in [0.25, 0.3) is 0 Å². The van der Waals surface area contributed by atoms with Crippen LogP contribution in [0.5, 0.6) is 0 Å². The molecule has 0 aromatic heterocycles. The normalized spacial score (nSPS) is 9.94. The van der Waals surface area contributed by atoms with Crippen LogP contribution in [0.2, 0.25) is 0 Å². The van der Waals surface area contributed by atoms with Crippen molar-refractivity contribution in [2.45, 2.75) is 6.42 Å². The SMILES string of the molecule is O=CCC(C(=O)NCCO)C(=O)NCCO. The van der Waals surface area contributed by atoms with Crippen molar-refractivity contribution in [3.63, 3.8) is 0 Å². The summed E-state index contributed by atoms with van der Waals surface area (Å²) in [5.41, 5.74) is 0. The Labute approximate surface area is 92.8 Å². The fourth-order valence-corrected chi connectivity index (χ4v) is 1.03. The monoisotopic (exact) mass is 232 g/mol. The molecular weight excluding hydrogens is 216 g/mol. The Balaban J connectivity index is 4.28. The summed E-state index contributed by atoms with van der Waals surface area (Å²) in [7, 11) is 0. The van der Waals surface area contributed by atoms with Gasteiger partial charge in [-0.2, -0.15) is 0 Å². The summed E-state index contributed by atoms with van der Waals surface area (Å²) in [4.78, 5) is 33.1. The second-order valence-corrected chi connectivity index (χ2v) is 2.98. The lowest BCUT2D eigenvalue weighted by atomic mass is 10.0. The molecule has 0 atom stereocenters. The molecule has 2 amide bonds. The third-order valence-electron chi connectivity index (χ3n) is 1.79. The molecule has 0 aromatic rings. The van der Waals surface area contributed by atoms with Gasteiger partial charge in [0, 0.05) is 19.5 Å². The maximum absolute atomic E-state index is 11.4. The Morgan fingerprint density at radius 1 is 1.06 bits per heavy atom. The number of aldehydes is 1. The summed E-state index contributed by atoms with van der Waals surface area (Å²) < 4.78 is 0. The molecule has 0 aromatic carbocycles. The predicted molar refractivity (Wildman–Crippen MR) is 54.4 cm³/mol. The van der Waals surface area contributed by atoms with E-state index < -0.39 is 17.7 Å². The molecule has 0 spiro atoms. The van der Waals surface area contributed by atoms with Gasteiger partial charge in [0.2, 0.25) is 11.8 Å². The number of hydrogen-bond acceptors (Lipinski definition) is 5. The lowest BCUT2D eigenvalue weighted by Gasteiger charge is -2.13. The second kappa shape index (κ2) is 8.81. The maximum atomic E-state index is 11.4. The minimum atomic E-state index is -1.12. The molecule has 0 rings (SSSR count). The van der Waals surface area contributed by atoms with Crippen molar-refractivity contribution in [1.29, 1.82) is 0 Å². The molecule has 0 fully saturated rings. The molecule has 0 aliphatic carbocycles. The molecule has 7 heteroatoms. The first-order chi connectivity index (χ1) is 7.67. The minimum Gasteiger partial charge on any atom is -0.395 e. The summed E-state index contributed by atoms with van der Waals surface area (Å²) in [6.45, 7) is -0.418. The zero-order chi connectivity index (χ0) is 12.4. The summed E-state index contributed by atoms with van der Waals surface area (Å²) in [5.74, 6) is -2.34. The number of aliphatic hydroxyl groups is 2. The van der Waals surface area contributed by atoms with E-state index in [4.69, 9.17) is 10.2 Å². The van der Waals surface area contributed by atoms with Crippen LogP contribution in [0, 0.1) is 5.92 Å². The first-order valence-corrected chi connectivity index (χ1v) is 4.88. The van der Waals surface area contributed by atoms with Crippen molar-refractivity contribution < 1.29 is 24.6 Å². The molecule has 0 aliphatic heterocycles. The predicted octanol–water partition coefficient (Wildman–Crippen LogP) is -2.59. The fraction of sp³-hybridized carbons (Fsp3) is 0.667. The van der Waals surface area contributed by atoms with Gasteiger partial charge in [0.15, 0.2) is 0 Å². The quantitative estimate of drug-likeness (QED) is 0.271. The minimum absolute atomic E-state index is 0.0292. The topological polar surface area (TPSA) is 116 Å². The molecule has 16 heavy (non-hydrogen) atoms. The van der Waals surface area contributed by atoms with Gasteiger partial charge in [-0.15, -0.1) is 0 Å². The molecule has 0 saturated heterocycles. The highest BCUT2D eigenvalue weighted by Crippen LogP contribution is 2.01. The second-order valence-electron chi connectivity index (χ2n) is 2.98. The summed E-state index contributed by atoms with van der Waals surface area (Å²) in [6.07, 6.45) is 0.246. The molecule has 0 saturated carbocycles. The molecule has 0 radical (unpaired) electrons. The van der Waals surface area contributed by atoms with Gasteiger partial charge in [0.25, 0.3) is 0 Å². The first kappa shape index (κ1) is 14.5. The van der Waals surface area contributed by atoms with Crippen LogP contribution in [0.4, 0.5) is 0 Å². The maximum Gasteiger partial charge on any atom is 0.233 e. The highest BCUT2D eigenvalue weighted by atomic mass is 16.3. The molecule has 7 nitrogen and oxygen atoms in total. The van der Waals surface area contributed by atoms with Crippen LogP contribution in [-0.2, 0) is 14.4 Å². The largest absolute Gasteiger partial charge is 0.395 e. The van der Waals surface area contributed by atoms with Crippen LogP contribution in [0.1, 0.15) is 6.42 Å². The third kappa shape index (κ3) is 5.42. The summed E-state index contributed by atoms with van der Waals surface area (Å²) in [5, 5.41) is 21.6. The molecule has 0 aliphatic rings. The highest BCUT2D eigenvalue weighted by Gasteiger charge is 2.25. The van der Waals surface area contributed by atoms with Gasteiger partial charge in [-0.25, -0.2) is 0 Å². The number of carbonyl (C=O) groups excluding carboxylic acids is 3. The fourth-order valence-electron chi connectivity index (χ4n) is 1.03. The Hall–Kier alpha value is -1.47. The number of hydrogen-bond donors (Lipinski definition) is 4. The number of amides is 2. The van der Waals surface area contributed by atoms with Crippen LogP contribution >= 0.6 is 0 Å². The molecular formula is C9H16N2O5. The van der Waals surface area contributed by atoms with Crippen molar-refractivity contribution >= 4 is 18.1 Å². The van der Waals surface area contributed by atoms with Gasteiger partial charge < -0.3 is 25.6 Å². The van der Waals surface area contributed by atoms with Crippen LogP contribution in [0.3, 0.4) is 0 Å². The van der Waals surface area contributed by atoms with Crippen LogP contribution in [0.15, 0.2) is 0 Å². The molecule has 0 bridgehead atoms. The summed E-state index contributed by atoms with van der Waals surface area (Å²) >= 11 is 0. The zero-order valence-corrected chi connectivity index (χ0v) is 8.81. The molecule has 4 N–H and O–H groups in total. The number of rotatable bonds is 8. The Bertz CT molecular complexity index is 224. The summed E-state index contributed by atoms with van der Waals surface area (Å²) in [6, 6.07) is 0. The molecule has 0 heterocycles. The third-order valence-corrected chi connectivity index (χ3v) is 1.79. The van der Waals surface area contributed by atoms with Crippen molar-refractivity contribution in [3.8, 4) is 0 Å². The lowest BCUT2D eigenvalue weighted by molar-refractivity contribution is -0.137. The van der Waals surface area contributed by atoms with E-state index in [-0.39, 0.29) is 32.7 Å². The van der Waals surface area contributed by atoms with E-state index in [1.165, 1.54) is 0 Å². The van der Waals surface area contributed by atoms with Crippen molar-refractivity contribution in [2.24, 2.45) is 5.92 Å². The lowest BCUT2D eigenvalue weighted by Crippen LogP contribution is -2.43. The van der Waals surface area contributed by atoms with Crippen molar-refractivity contribution in [2.75, 3.05) is 26.3 Å². The van der Waals surface area contributed by atoms with E-state index >= 15 is 0 Å². The molecule has 0 unspecified atom stereocenters. The smallest absolute Gasteiger partial charge is 0.233 e. The number of nitrogens with one attached hydrogen (secondary N) is 2. The number of aliphatic hydroxyl groups excluding tert-OH is 2. The highest BCUT2D eigenvalue weighted by molar-refractivity contribution is 6.01. The van der Waals surface area contributed by atoms with Crippen molar-refractivity contribution in [1.82, 2.24) is 10.6 Å². The van der Waals surface area contributed by atoms with E-state index in [0.29, 0.717) is 6.29 Å². The van der Waals surface area contributed by atoms with Gasteiger partial charge >= 0.3 is 0 Å². The van der Waals surface area contributed by atoms with E-state index in [9.17, 15) is 14.4 Å². The van der Waals surface area contributed by atoms with Crippen molar-refractivity contribution in [3.05, 3.63) is 0 Å². The van der Waals surface area contributed by atoms with Gasteiger partial charge in [0.1, 0.15) is 12.2 Å². The molecule has 92 valence electrons. The van der Waals surface area contributed by atoms with Crippen LogP contribution in [-0.4, -0.2) is 54.6 Å². The Morgan fingerprint density at radius 3 is 1.81 bits per heavy atom. The van der Waals surface area contributed by atoms with Gasteiger partial charge in [-0.3, -0.25) is 9.59 Å².